The summed E-state index contributed by atoms with van der Waals surface area (Å²) in [7, 11) is 1.05. The summed E-state index contributed by atoms with van der Waals surface area (Å²) in [5.74, 6) is -1.48. The van der Waals surface area contributed by atoms with Crippen molar-refractivity contribution in [3.8, 4) is 5.75 Å². The van der Waals surface area contributed by atoms with E-state index in [0.717, 1.165) is 25.3 Å². The molecule has 0 bridgehead atoms. The Balaban J connectivity index is 2.55. The van der Waals surface area contributed by atoms with Gasteiger partial charge in [0, 0.05) is 20.6 Å². The third kappa shape index (κ3) is 4.53. The van der Waals surface area contributed by atoms with Crippen LogP contribution in [-0.4, -0.2) is 30.3 Å². The van der Waals surface area contributed by atoms with Crippen LogP contribution in [0, 0.1) is 10.1 Å². The standard InChI is InChI=1S/C17H9Br2F7N2O4/c1-32-13-8(3-2-4-11(13)28(30)31)14(29)27-12-9(18)5-7(6-10(12)19)15(20,16(21,22)23)17(24,25)26/h2-6H,1H3,(H,27,29). The van der Waals surface area contributed by atoms with Crippen LogP contribution >= 0.6 is 31.9 Å². The molecule has 0 aliphatic heterocycles. The van der Waals surface area contributed by atoms with E-state index in [9.17, 15) is 45.6 Å². The number of ether oxygens (including phenoxy) is 1. The van der Waals surface area contributed by atoms with Crippen molar-refractivity contribution in [2.45, 2.75) is 18.0 Å². The normalized spacial score (nSPS) is 12.4. The Morgan fingerprint density at radius 1 is 1.03 bits per heavy atom. The Morgan fingerprint density at radius 2 is 1.53 bits per heavy atom. The Kier molecular flexibility index (Phi) is 7.14. The average Bonchev–Trinajstić information content (AvgIpc) is 2.67. The van der Waals surface area contributed by atoms with E-state index in [4.69, 9.17) is 4.74 Å². The first kappa shape index (κ1) is 25.8. The maximum Gasteiger partial charge on any atom is 0.435 e. The lowest BCUT2D eigenvalue weighted by Gasteiger charge is -2.31. The molecule has 174 valence electrons. The van der Waals surface area contributed by atoms with Gasteiger partial charge in [0.1, 0.15) is 0 Å². The van der Waals surface area contributed by atoms with Gasteiger partial charge in [-0.3, -0.25) is 14.9 Å². The Morgan fingerprint density at radius 3 is 1.94 bits per heavy atom. The zero-order valence-electron chi connectivity index (χ0n) is 15.4. The lowest BCUT2D eigenvalue weighted by molar-refractivity contribution is -0.385. The van der Waals surface area contributed by atoms with Gasteiger partial charge in [-0.2, -0.15) is 26.3 Å². The highest BCUT2D eigenvalue weighted by Crippen LogP contribution is 2.54. The number of para-hydroxylation sites is 1. The van der Waals surface area contributed by atoms with Crippen molar-refractivity contribution in [1.29, 1.82) is 0 Å². The van der Waals surface area contributed by atoms with E-state index >= 15 is 0 Å². The summed E-state index contributed by atoms with van der Waals surface area (Å²) in [5.41, 5.74) is -8.75. The lowest BCUT2D eigenvalue weighted by Crippen LogP contribution is -2.50. The minimum Gasteiger partial charge on any atom is -0.490 e. The van der Waals surface area contributed by atoms with Gasteiger partial charge in [-0.15, -0.1) is 0 Å². The fraction of sp³-hybridized carbons (Fsp3) is 0.235. The van der Waals surface area contributed by atoms with E-state index in [0.29, 0.717) is 0 Å². The van der Waals surface area contributed by atoms with E-state index in [2.05, 4.69) is 37.2 Å². The molecule has 15 heteroatoms. The molecular formula is C17H9Br2F7N2O4. The van der Waals surface area contributed by atoms with Gasteiger partial charge < -0.3 is 10.1 Å². The predicted molar refractivity (Wildman–Crippen MR) is 104 cm³/mol. The zero-order chi connectivity index (χ0) is 24.6. The first-order valence-electron chi connectivity index (χ1n) is 8.00. The number of hydrogen-bond acceptors (Lipinski definition) is 4. The highest BCUT2D eigenvalue weighted by Gasteiger charge is 2.73. The van der Waals surface area contributed by atoms with Gasteiger partial charge >= 0.3 is 23.7 Å². The number of benzene rings is 2. The van der Waals surface area contributed by atoms with E-state index in [1.54, 1.807) is 0 Å². The highest BCUT2D eigenvalue weighted by molar-refractivity contribution is 9.11. The zero-order valence-corrected chi connectivity index (χ0v) is 18.5. The number of hydrogen-bond donors (Lipinski definition) is 1. The largest absolute Gasteiger partial charge is 0.490 e. The molecular weight excluding hydrogens is 589 g/mol. The summed E-state index contributed by atoms with van der Waals surface area (Å²) < 4.78 is 96.1. The van der Waals surface area contributed by atoms with Gasteiger partial charge in [-0.1, -0.05) is 6.07 Å². The Hall–Kier alpha value is -2.42. The summed E-state index contributed by atoms with van der Waals surface area (Å²) in [6, 6.07) is 3.77. The molecule has 0 aliphatic carbocycles. The molecule has 0 unspecified atom stereocenters. The molecule has 2 aromatic carbocycles. The van der Waals surface area contributed by atoms with Crippen molar-refractivity contribution in [2.75, 3.05) is 12.4 Å². The number of nitro groups is 1. The van der Waals surface area contributed by atoms with Gasteiger partial charge in [0.2, 0.25) is 5.75 Å². The van der Waals surface area contributed by atoms with Crippen LogP contribution in [0.5, 0.6) is 5.75 Å². The molecule has 2 rings (SSSR count). The maximum absolute atomic E-state index is 14.3. The maximum atomic E-state index is 14.3. The monoisotopic (exact) mass is 596 g/mol. The minimum atomic E-state index is -6.33. The molecule has 0 radical (unpaired) electrons. The van der Waals surface area contributed by atoms with Crippen LogP contribution in [0.1, 0.15) is 15.9 Å². The van der Waals surface area contributed by atoms with Crippen molar-refractivity contribution in [1.82, 2.24) is 0 Å². The highest BCUT2D eigenvalue weighted by atomic mass is 79.9. The number of nitrogens with zero attached hydrogens (tertiary/aromatic N) is 1. The fourth-order valence-electron chi connectivity index (χ4n) is 2.62. The number of methoxy groups -OCH3 is 1. The number of carbonyl (C=O) groups excluding carboxylic acids is 1. The second-order valence-electron chi connectivity index (χ2n) is 6.04. The number of carbonyl (C=O) groups is 1. The molecule has 1 N–H and O–H groups in total. The average molecular weight is 598 g/mol. The summed E-state index contributed by atoms with van der Waals surface area (Å²) in [6.45, 7) is 0. The number of rotatable bonds is 5. The van der Waals surface area contributed by atoms with Gasteiger partial charge in [-0.25, -0.2) is 4.39 Å². The van der Waals surface area contributed by atoms with E-state index in [-0.39, 0.29) is 23.4 Å². The van der Waals surface area contributed by atoms with E-state index in [1.807, 2.05) is 0 Å². The quantitative estimate of drug-likeness (QED) is 0.237. The van der Waals surface area contributed by atoms with Gasteiger partial charge in [0.05, 0.1) is 23.3 Å². The van der Waals surface area contributed by atoms with Gasteiger partial charge in [0.25, 0.3) is 5.91 Å². The topological polar surface area (TPSA) is 81.5 Å². The number of anilines is 1. The molecule has 0 aromatic heterocycles. The Bertz CT molecular complexity index is 1040. The predicted octanol–water partition coefficient (Wildman–Crippen LogP) is 6.67. The molecule has 0 aliphatic rings. The van der Waals surface area contributed by atoms with Crippen molar-refractivity contribution in [3.05, 3.63) is 60.5 Å². The van der Waals surface area contributed by atoms with Crippen molar-refractivity contribution in [2.24, 2.45) is 0 Å². The lowest BCUT2D eigenvalue weighted by atomic mass is 9.94. The summed E-state index contributed by atoms with van der Waals surface area (Å²) in [5, 5.41) is 13.2. The molecule has 0 saturated carbocycles. The fourth-order valence-corrected chi connectivity index (χ4v) is 4.01. The molecule has 2 aromatic rings. The van der Waals surface area contributed by atoms with Gasteiger partial charge in [-0.05, 0) is 50.1 Å². The summed E-state index contributed by atoms with van der Waals surface area (Å²) >= 11 is 5.43. The third-order valence-corrected chi connectivity index (χ3v) is 5.35. The third-order valence-electron chi connectivity index (χ3n) is 4.10. The van der Waals surface area contributed by atoms with Crippen LogP contribution in [-0.2, 0) is 5.67 Å². The van der Waals surface area contributed by atoms with Crippen LogP contribution in [0.4, 0.5) is 42.1 Å². The summed E-state index contributed by atoms with van der Waals surface area (Å²) in [4.78, 5) is 22.8. The molecule has 0 fully saturated rings. The van der Waals surface area contributed by atoms with Crippen molar-refractivity contribution in [3.63, 3.8) is 0 Å². The van der Waals surface area contributed by atoms with Gasteiger partial charge in [0.15, 0.2) is 0 Å². The Labute approximate surface area is 191 Å². The molecule has 0 saturated heterocycles. The first-order valence-corrected chi connectivity index (χ1v) is 9.59. The van der Waals surface area contributed by atoms with E-state index in [1.165, 1.54) is 0 Å². The van der Waals surface area contributed by atoms with E-state index < -0.39 is 54.8 Å². The number of halogens is 9. The second kappa shape index (κ2) is 8.84. The molecule has 0 heterocycles. The molecule has 1 amide bonds. The van der Waals surface area contributed by atoms with Crippen LogP contribution in [0.3, 0.4) is 0 Å². The van der Waals surface area contributed by atoms with Crippen LogP contribution in [0.25, 0.3) is 0 Å². The first-order chi connectivity index (χ1) is 14.6. The number of alkyl halides is 7. The minimum absolute atomic E-state index is 0.214. The van der Waals surface area contributed by atoms with Crippen LogP contribution in [0.2, 0.25) is 0 Å². The molecule has 32 heavy (non-hydrogen) atoms. The molecule has 6 nitrogen and oxygen atoms in total. The number of nitro benzene ring substituents is 1. The smallest absolute Gasteiger partial charge is 0.435 e. The van der Waals surface area contributed by atoms with Crippen LogP contribution in [0.15, 0.2) is 39.3 Å². The number of amides is 1. The number of nitrogens with one attached hydrogen (secondary N) is 1. The molecule has 0 spiro atoms. The van der Waals surface area contributed by atoms with Crippen LogP contribution < -0.4 is 10.1 Å². The van der Waals surface area contributed by atoms with Crippen molar-refractivity contribution >= 4 is 49.1 Å². The second-order valence-corrected chi connectivity index (χ2v) is 7.75. The van der Waals surface area contributed by atoms with Crippen molar-refractivity contribution < 1.29 is 45.2 Å². The SMILES string of the molecule is COc1c(C(=O)Nc2c(Br)cc(C(F)(C(F)(F)F)C(F)(F)F)cc2Br)cccc1[N+](=O)[O-]. The molecule has 0 atom stereocenters. The summed E-state index contributed by atoms with van der Waals surface area (Å²) in [6.07, 6.45) is -12.7.